The van der Waals surface area contributed by atoms with E-state index in [0.717, 1.165) is 27.9 Å². The Balaban J connectivity index is 2.01. The molecule has 0 unspecified atom stereocenters. The second-order valence-electron chi connectivity index (χ2n) is 5.94. The monoisotopic (exact) mass is 402 g/mol. The highest BCUT2D eigenvalue weighted by atomic mass is 79.9. The molecule has 0 aliphatic heterocycles. The molecule has 25 heavy (non-hydrogen) atoms. The number of methoxy groups -OCH3 is 1. The van der Waals surface area contributed by atoms with Crippen LogP contribution in [0.3, 0.4) is 0 Å². The fraction of sp³-hybridized carbons (Fsp3) is 0.250. The van der Waals surface area contributed by atoms with Gasteiger partial charge in [-0.3, -0.25) is 4.79 Å². The van der Waals surface area contributed by atoms with Gasteiger partial charge in [0.25, 0.3) is 0 Å². The number of carbonyl (C=O) groups excluding carboxylic acids is 1. The second kappa shape index (κ2) is 9.39. The third-order valence-electron chi connectivity index (χ3n) is 3.66. The molecule has 0 heterocycles. The van der Waals surface area contributed by atoms with E-state index in [9.17, 15) is 4.79 Å². The first kappa shape index (κ1) is 19.2. The predicted molar refractivity (Wildman–Crippen MR) is 105 cm³/mol. The average Bonchev–Trinajstić information content (AvgIpc) is 2.59. The summed E-state index contributed by atoms with van der Waals surface area (Å²) < 4.78 is 6.24. The normalized spacial score (nSPS) is 11.1. The Morgan fingerprint density at radius 3 is 2.60 bits per heavy atom. The van der Waals surface area contributed by atoms with Crippen LogP contribution in [0.5, 0.6) is 5.75 Å². The van der Waals surface area contributed by atoms with Crippen LogP contribution in [-0.4, -0.2) is 32.0 Å². The van der Waals surface area contributed by atoms with Crippen LogP contribution in [0.4, 0.5) is 0 Å². The Bertz CT molecular complexity index is 757. The van der Waals surface area contributed by atoms with E-state index in [1.807, 2.05) is 50.5 Å². The van der Waals surface area contributed by atoms with Crippen molar-refractivity contribution in [2.24, 2.45) is 0 Å². The lowest BCUT2D eigenvalue weighted by Gasteiger charge is -2.14. The van der Waals surface area contributed by atoms with Gasteiger partial charge in [0.05, 0.1) is 7.11 Å². The van der Waals surface area contributed by atoms with Crippen molar-refractivity contribution in [3.63, 3.8) is 0 Å². The van der Waals surface area contributed by atoms with Gasteiger partial charge in [0.15, 0.2) is 0 Å². The predicted octanol–water partition coefficient (Wildman–Crippen LogP) is 3.85. The zero-order chi connectivity index (χ0) is 18.2. The number of nitrogens with one attached hydrogen (secondary N) is 1. The maximum atomic E-state index is 12.1. The molecule has 0 atom stereocenters. The Hall–Kier alpha value is -2.11. The van der Waals surface area contributed by atoms with Crippen molar-refractivity contribution in [1.82, 2.24) is 10.2 Å². The molecule has 5 heteroatoms. The minimum Gasteiger partial charge on any atom is -0.496 e. The largest absolute Gasteiger partial charge is 0.496 e. The van der Waals surface area contributed by atoms with Crippen LogP contribution in [0.1, 0.15) is 16.7 Å². The summed E-state index contributed by atoms with van der Waals surface area (Å²) >= 11 is 3.43. The molecule has 2 aromatic rings. The van der Waals surface area contributed by atoms with Crippen molar-refractivity contribution in [2.45, 2.75) is 13.1 Å². The topological polar surface area (TPSA) is 41.6 Å². The van der Waals surface area contributed by atoms with Crippen LogP contribution >= 0.6 is 15.9 Å². The Morgan fingerprint density at radius 2 is 1.92 bits per heavy atom. The lowest BCUT2D eigenvalue weighted by Crippen LogP contribution is -2.22. The van der Waals surface area contributed by atoms with Crippen molar-refractivity contribution in [3.8, 4) is 5.75 Å². The summed E-state index contributed by atoms with van der Waals surface area (Å²) in [7, 11) is 5.68. The standard InChI is InChI=1S/C20H23BrN2O2/c1-23(2)14-17-7-5-4-6-16(17)13-22-20(24)11-8-15-12-18(21)9-10-19(15)25-3/h4-12H,13-14H2,1-3H3,(H,22,24)/b11-8+. The number of rotatable bonds is 7. The molecule has 0 aliphatic rings. The summed E-state index contributed by atoms with van der Waals surface area (Å²) in [5.41, 5.74) is 3.18. The van der Waals surface area contributed by atoms with Crippen molar-refractivity contribution < 1.29 is 9.53 Å². The lowest BCUT2D eigenvalue weighted by atomic mass is 10.1. The van der Waals surface area contributed by atoms with Gasteiger partial charge in [-0.1, -0.05) is 40.2 Å². The third-order valence-corrected chi connectivity index (χ3v) is 4.16. The lowest BCUT2D eigenvalue weighted by molar-refractivity contribution is -0.116. The van der Waals surface area contributed by atoms with Crippen LogP contribution in [0.2, 0.25) is 0 Å². The molecule has 0 fully saturated rings. The Labute approximate surface area is 157 Å². The summed E-state index contributed by atoms with van der Waals surface area (Å²) in [6.07, 6.45) is 3.28. The zero-order valence-corrected chi connectivity index (χ0v) is 16.3. The highest BCUT2D eigenvalue weighted by molar-refractivity contribution is 9.10. The number of nitrogens with zero attached hydrogens (tertiary/aromatic N) is 1. The van der Waals surface area contributed by atoms with Crippen LogP contribution in [-0.2, 0) is 17.9 Å². The fourth-order valence-electron chi connectivity index (χ4n) is 2.47. The fourth-order valence-corrected chi connectivity index (χ4v) is 2.85. The highest BCUT2D eigenvalue weighted by Gasteiger charge is 2.05. The van der Waals surface area contributed by atoms with Crippen LogP contribution in [0, 0.1) is 0 Å². The quantitative estimate of drug-likeness (QED) is 0.715. The van der Waals surface area contributed by atoms with E-state index in [-0.39, 0.29) is 5.91 Å². The van der Waals surface area contributed by atoms with E-state index in [0.29, 0.717) is 6.54 Å². The zero-order valence-electron chi connectivity index (χ0n) is 14.8. The summed E-state index contributed by atoms with van der Waals surface area (Å²) in [5, 5.41) is 2.94. The number of amides is 1. The number of benzene rings is 2. The Morgan fingerprint density at radius 1 is 1.20 bits per heavy atom. The van der Waals surface area contributed by atoms with Crippen LogP contribution in [0.15, 0.2) is 53.0 Å². The molecular formula is C20H23BrN2O2. The van der Waals surface area contributed by atoms with E-state index in [1.54, 1.807) is 13.2 Å². The van der Waals surface area contributed by atoms with Crippen molar-refractivity contribution >= 4 is 27.9 Å². The number of hydrogen-bond acceptors (Lipinski definition) is 3. The average molecular weight is 403 g/mol. The highest BCUT2D eigenvalue weighted by Crippen LogP contribution is 2.24. The second-order valence-corrected chi connectivity index (χ2v) is 6.86. The molecule has 0 spiro atoms. The number of ether oxygens (including phenoxy) is 1. The van der Waals surface area contributed by atoms with E-state index in [2.05, 4.69) is 32.2 Å². The molecule has 0 aromatic heterocycles. The first-order valence-corrected chi connectivity index (χ1v) is 8.80. The maximum absolute atomic E-state index is 12.1. The summed E-state index contributed by atoms with van der Waals surface area (Å²) in [6.45, 7) is 1.35. The van der Waals surface area contributed by atoms with Gasteiger partial charge >= 0.3 is 0 Å². The van der Waals surface area contributed by atoms with Gasteiger partial charge < -0.3 is 15.0 Å². The van der Waals surface area contributed by atoms with E-state index < -0.39 is 0 Å². The maximum Gasteiger partial charge on any atom is 0.244 e. The molecule has 4 nitrogen and oxygen atoms in total. The number of hydrogen-bond donors (Lipinski definition) is 1. The van der Waals surface area contributed by atoms with E-state index >= 15 is 0 Å². The first-order valence-electron chi connectivity index (χ1n) is 8.00. The molecule has 0 aliphatic carbocycles. The van der Waals surface area contributed by atoms with Gasteiger partial charge in [-0.15, -0.1) is 0 Å². The van der Waals surface area contributed by atoms with Crippen molar-refractivity contribution in [1.29, 1.82) is 0 Å². The number of halogens is 1. The molecular weight excluding hydrogens is 380 g/mol. The smallest absolute Gasteiger partial charge is 0.244 e. The SMILES string of the molecule is COc1ccc(Br)cc1/C=C/C(=O)NCc1ccccc1CN(C)C. The third kappa shape index (κ3) is 6.03. The van der Waals surface area contributed by atoms with Gasteiger partial charge in [0.2, 0.25) is 5.91 Å². The van der Waals surface area contributed by atoms with Crippen molar-refractivity contribution in [2.75, 3.05) is 21.2 Å². The van der Waals surface area contributed by atoms with Gasteiger partial charge in [-0.25, -0.2) is 0 Å². The van der Waals surface area contributed by atoms with E-state index in [1.165, 1.54) is 11.6 Å². The number of carbonyl (C=O) groups is 1. The molecule has 132 valence electrons. The minimum absolute atomic E-state index is 0.137. The molecule has 1 amide bonds. The molecule has 0 saturated carbocycles. The molecule has 0 radical (unpaired) electrons. The summed E-state index contributed by atoms with van der Waals surface area (Å²) in [5.74, 6) is 0.588. The Kier molecular flexibility index (Phi) is 7.22. The molecule has 0 saturated heterocycles. The summed E-state index contributed by atoms with van der Waals surface area (Å²) in [4.78, 5) is 14.3. The van der Waals surface area contributed by atoms with Gasteiger partial charge in [0, 0.05) is 29.2 Å². The molecule has 2 aromatic carbocycles. The van der Waals surface area contributed by atoms with Gasteiger partial charge in [0.1, 0.15) is 5.75 Å². The molecule has 2 rings (SSSR count). The van der Waals surface area contributed by atoms with Crippen LogP contribution < -0.4 is 10.1 Å². The van der Waals surface area contributed by atoms with Gasteiger partial charge in [-0.2, -0.15) is 0 Å². The van der Waals surface area contributed by atoms with E-state index in [4.69, 9.17) is 4.74 Å². The first-order chi connectivity index (χ1) is 12.0. The minimum atomic E-state index is -0.137. The van der Waals surface area contributed by atoms with Crippen LogP contribution in [0.25, 0.3) is 6.08 Å². The van der Waals surface area contributed by atoms with Gasteiger partial charge in [-0.05, 0) is 49.5 Å². The molecule has 1 N–H and O–H groups in total. The summed E-state index contributed by atoms with van der Waals surface area (Å²) in [6, 6.07) is 13.8. The molecule has 0 bridgehead atoms. The van der Waals surface area contributed by atoms with Crippen molar-refractivity contribution in [3.05, 3.63) is 69.7 Å².